The lowest BCUT2D eigenvalue weighted by molar-refractivity contribution is 0.0521. The summed E-state index contributed by atoms with van der Waals surface area (Å²) >= 11 is 6.14. The molecule has 0 bridgehead atoms. The number of benzene rings is 1. The Balaban J connectivity index is 2.06. The van der Waals surface area contributed by atoms with Crippen LogP contribution in [0.1, 0.15) is 30.1 Å². The van der Waals surface area contributed by atoms with Crippen molar-refractivity contribution in [1.29, 1.82) is 0 Å². The molecular weight excluding hydrogens is 292 g/mol. The summed E-state index contributed by atoms with van der Waals surface area (Å²) < 4.78 is 10.7. The maximum Gasteiger partial charge on any atom is 0.342 e. The molecule has 0 spiro atoms. The Bertz CT molecular complexity index is 518. The number of carbonyl (C=O) groups is 1. The summed E-state index contributed by atoms with van der Waals surface area (Å²) in [6.45, 7) is 3.28. The quantitative estimate of drug-likeness (QED) is 0.619. The molecule has 0 heterocycles. The van der Waals surface area contributed by atoms with Crippen LogP contribution in [0.2, 0.25) is 5.02 Å². The summed E-state index contributed by atoms with van der Waals surface area (Å²) in [5.74, 6) is -0.134. The number of anilines is 1. The standard InChI is InChI=1S/C15H21ClN2O3/c1-3-20-15(19)12-8-10(17)9-13(16)14(12)21-7-6-18(2)11-4-5-11/h8-9,11H,3-7,17H2,1-2H3. The molecule has 0 radical (unpaired) electrons. The Morgan fingerprint density at radius 3 is 2.81 bits per heavy atom. The molecule has 0 amide bonds. The van der Waals surface area contributed by atoms with E-state index in [2.05, 4.69) is 11.9 Å². The van der Waals surface area contributed by atoms with Gasteiger partial charge in [-0.25, -0.2) is 4.79 Å². The van der Waals surface area contributed by atoms with Gasteiger partial charge in [-0.05, 0) is 38.9 Å². The zero-order chi connectivity index (χ0) is 15.4. The van der Waals surface area contributed by atoms with Crippen LogP contribution in [0.4, 0.5) is 5.69 Å². The van der Waals surface area contributed by atoms with Gasteiger partial charge in [-0.2, -0.15) is 0 Å². The third kappa shape index (κ3) is 4.25. The number of rotatable bonds is 7. The van der Waals surface area contributed by atoms with E-state index in [1.807, 2.05) is 0 Å². The first-order chi connectivity index (χ1) is 10.0. The molecule has 0 saturated heterocycles. The zero-order valence-corrected chi connectivity index (χ0v) is 13.2. The van der Waals surface area contributed by atoms with Crippen molar-refractivity contribution in [2.45, 2.75) is 25.8 Å². The number of ether oxygens (including phenoxy) is 2. The number of halogens is 1. The highest BCUT2D eigenvalue weighted by atomic mass is 35.5. The fourth-order valence-corrected chi connectivity index (χ4v) is 2.39. The number of nitrogens with two attached hydrogens (primary N) is 1. The van der Waals surface area contributed by atoms with Crippen molar-refractivity contribution in [3.8, 4) is 5.75 Å². The number of nitrogens with zero attached hydrogens (tertiary/aromatic N) is 1. The first kappa shape index (κ1) is 15.9. The fraction of sp³-hybridized carbons (Fsp3) is 0.533. The van der Waals surface area contributed by atoms with Crippen molar-refractivity contribution in [3.05, 3.63) is 22.7 Å². The van der Waals surface area contributed by atoms with Crippen molar-refractivity contribution in [2.75, 3.05) is 32.5 Å². The van der Waals surface area contributed by atoms with Gasteiger partial charge >= 0.3 is 5.97 Å². The highest BCUT2D eigenvalue weighted by molar-refractivity contribution is 6.33. The van der Waals surface area contributed by atoms with Crippen molar-refractivity contribution in [1.82, 2.24) is 4.90 Å². The highest BCUT2D eigenvalue weighted by Gasteiger charge is 2.26. The van der Waals surface area contributed by atoms with E-state index in [0.29, 0.717) is 29.1 Å². The predicted octanol–water partition coefficient (Wildman–Crippen LogP) is 2.57. The summed E-state index contributed by atoms with van der Waals surface area (Å²) in [6, 6.07) is 3.77. The Morgan fingerprint density at radius 1 is 1.48 bits per heavy atom. The molecule has 1 aromatic rings. The SMILES string of the molecule is CCOC(=O)c1cc(N)cc(Cl)c1OCCN(C)C1CC1. The Kier molecular flexibility index (Phi) is 5.31. The van der Waals surface area contributed by atoms with Gasteiger partial charge in [0.05, 0.1) is 11.6 Å². The minimum absolute atomic E-state index is 0.274. The Labute approximate surface area is 130 Å². The number of hydrogen-bond acceptors (Lipinski definition) is 5. The summed E-state index contributed by atoms with van der Waals surface area (Å²) in [7, 11) is 2.07. The van der Waals surface area contributed by atoms with Gasteiger partial charge in [0.25, 0.3) is 0 Å². The number of nitrogen functional groups attached to an aromatic ring is 1. The molecule has 2 N–H and O–H groups in total. The molecule has 1 fully saturated rings. The van der Waals surface area contributed by atoms with Gasteiger partial charge in [0.15, 0.2) is 5.75 Å². The van der Waals surface area contributed by atoms with Crippen LogP contribution in [-0.4, -0.2) is 43.7 Å². The molecule has 2 rings (SSSR count). The zero-order valence-electron chi connectivity index (χ0n) is 12.4. The van der Waals surface area contributed by atoms with Crippen molar-refractivity contribution >= 4 is 23.3 Å². The average molecular weight is 313 g/mol. The molecule has 5 nitrogen and oxygen atoms in total. The predicted molar refractivity (Wildman–Crippen MR) is 83.0 cm³/mol. The minimum atomic E-state index is -0.475. The van der Waals surface area contributed by atoms with Gasteiger partial charge in [-0.15, -0.1) is 0 Å². The van der Waals surface area contributed by atoms with E-state index in [1.165, 1.54) is 18.9 Å². The van der Waals surface area contributed by atoms with Crippen molar-refractivity contribution in [3.63, 3.8) is 0 Å². The molecule has 0 aromatic heterocycles. The molecule has 1 aliphatic rings. The Morgan fingerprint density at radius 2 is 2.19 bits per heavy atom. The van der Waals surface area contributed by atoms with Crippen LogP contribution >= 0.6 is 11.6 Å². The fourth-order valence-electron chi connectivity index (χ4n) is 2.11. The lowest BCUT2D eigenvalue weighted by Gasteiger charge is -2.18. The molecule has 21 heavy (non-hydrogen) atoms. The van der Waals surface area contributed by atoms with E-state index in [1.54, 1.807) is 13.0 Å². The molecule has 0 atom stereocenters. The van der Waals surface area contributed by atoms with Gasteiger partial charge in [0.2, 0.25) is 0 Å². The van der Waals surface area contributed by atoms with E-state index in [-0.39, 0.29) is 12.2 Å². The third-order valence-electron chi connectivity index (χ3n) is 3.42. The van der Waals surface area contributed by atoms with Crippen molar-refractivity contribution in [2.24, 2.45) is 0 Å². The third-order valence-corrected chi connectivity index (χ3v) is 3.70. The van der Waals surface area contributed by atoms with Crippen LogP contribution in [0.25, 0.3) is 0 Å². The van der Waals surface area contributed by atoms with Gasteiger partial charge in [0.1, 0.15) is 12.2 Å². The average Bonchev–Trinajstić information content (AvgIpc) is 3.25. The topological polar surface area (TPSA) is 64.8 Å². The number of esters is 1. The van der Waals surface area contributed by atoms with Crippen LogP contribution in [0.15, 0.2) is 12.1 Å². The highest BCUT2D eigenvalue weighted by Crippen LogP contribution is 2.32. The Hall–Kier alpha value is -1.46. The monoisotopic (exact) mass is 312 g/mol. The van der Waals surface area contributed by atoms with E-state index < -0.39 is 5.97 Å². The lowest BCUT2D eigenvalue weighted by Crippen LogP contribution is -2.26. The molecule has 1 saturated carbocycles. The maximum atomic E-state index is 12.0. The van der Waals surface area contributed by atoms with Gasteiger partial charge in [-0.3, -0.25) is 0 Å². The summed E-state index contributed by atoms with van der Waals surface area (Å²) in [5, 5.41) is 0.326. The van der Waals surface area contributed by atoms with E-state index in [0.717, 1.165) is 6.54 Å². The van der Waals surface area contributed by atoms with Crippen molar-refractivity contribution < 1.29 is 14.3 Å². The van der Waals surface area contributed by atoms with Crippen LogP contribution in [0.5, 0.6) is 5.75 Å². The second-order valence-electron chi connectivity index (χ2n) is 5.16. The first-order valence-corrected chi connectivity index (χ1v) is 7.50. The van der Waals surface area contributed by atoms with Gasteiger partial charge in [0, 0.05) is 18.3 Å². The first-order valence-electron chi connectivity index (χ1n) is 7.12. The summed E-state index contributed by atoms with van der Waals surface area (Å²) in [5.41, 5.74) is 6.41. The number of likely N-dealkylation sites (N-methyl/N-ethyl adjacent to an activating group) is 1. The summed E-state index contributed by atoms with van der Waals surface area (Å²) in [4.78, 5) is 14.2. The molecule has 0 aliphatic heterocycles. The minimum Gasteiger partial charge on any atom is -0.490 e. The second-order valence-corrected chi connectivity index (χ2v) is 5.57. The van der Waals surface area contributed by atoms with Crippen LogP contribution in [0.3, 0.4) is 0 Å². The smallest absolute Gasteiger partial charge is 0.342 e. The van der Waals surface area contributed by atoms with E-state index >= 15 is 0 Å². The summed E-state index contributed by atoms with van der Waals surface area (Å²) in [6.07, 6.45) is 2.49. The second kappa shape index (κ2) is 7.00. The molecule has 1 aliphatic carbocycles. The molecular formula is C15H21ClN2O3. The molecule has 0 unspecified atom stereocenters. The number of carbonyl (C=O) groups excluding carboxylic acids is 1. The van der Waals surface area contributed by atoms with Crippen LogP contribution in [0, 0.1) is 0 Å². The largest absolute Gasteiger partial charge is 0.490 e. The van der Waals surface area contributed by atoms with E-state index in [4.69, 9.17) is 26.8 Å². The van der Waals surface area contributed by atoms with Gasteiger partial charge < -0.3 is 20.1 Å². The number of hydrogen-bond donors (Lipinski definition) is 1. The van der Waals surface area contributed by atoms with E-state index in [9.17, 15) is 4.79 Å². The maximum absolute atomic E-state index is 12.0. The van der Waals surface area contributed by atoms with Crippen LogP contribution in [-0.2, 0) is 4.74 Å². The lowest BCUT2D eigenvalue weighted by atomic mass is 10.2. The molecule has 6 heteroatoms. The van der Waals surface area contributed by atoms with Crippen LogP contribution < -0.4 is 10.5 Å². The van der Waals surface area contributed by atoms with Gasteiger partial charge in [-0.1, -0.05) is 11.6 Å². The molecule has 116 valence electrons. The normalized spacial score (nSPS) is 14.3. The molecule has 1 aromatic carbocycles.